The molecule has 180 valence electrons. The van der Waals surface area contributed by atoms with E-state index in [-0.39, 0.29) is 22.8 Å². The molecule has 0 aliphatic carbocycles. The molecular weight excluding hydrogens is 472 g/mol. The second-order valence-electron chi connectivity index (χ2n) is 8.91. The Balaban J connectivity index is 1.70. The van der Waals surface area contributed by atoms with Crippen molar-refractivity contribution in [3.05, 3.63) is 92.7 Å². The quantitative estimate of drug-likeness (QED) is 0.367. The summed E-state index contributed by atoms with van der Waals surface area (Å²) in [6.07, 6.45) is 3.54. The average Bonchev–Trinajstić information content (AvgIpc) is 3.25. The first kappa shape index (κ1) is 23.5. The summed E-state index contributed by atoms with van der Waals surface area (Å²) in [6, 6.07) is 10.0. The zero-order valence-electron chi connectivity index (χ0n) is 19.4. The van der Waals surface area contributed by atoms with Crippen molar-refractivity contribution in [2.75, 3.05) is 13.1 Å². The first-order valence-corrected chi connectivity index (χ1v) is 11.9. The number of hydrogen-bond donors (Lipinski definition) is 1. The summed E-state index contributed by atoms with van der Waals surface area (Å²) >= 11 is 6.19. The zero-order chi connectivity index (χ0) is 24.7. The fourth-order valence-electron chi connectivity index (χ4n) is 4.71. The third-order valence-corrected chi connectivity index (χ3v) is 6.57. The minimum atomic E-state index is -0.742. The first-order chi connectivity index (χ1) is 16.8. The van der Waals surface area contributed by atoms with Gasteiger partial charge in [-0.25, -0.2) is 13.8 Å². The van der Waals surface area contributed by atoms with Crippen molar-refractivity contribution in [2.24, 2.45) is 0 Å². The zero-order valence-corrected chi connectivity index (χ0v) is 20.1. The number of hydrogen-bond acceptors (Lipinski definition) is 4. The Morgan fingerprint density at radius 1 is 1.11 bits per heavy atom. The molecule has 0 radical (unpaired) electrons. The second-order valence-corrected chi connectivity index (χ2v) is 9.35. The summed E-state index contributed by atoms with van der Waals surface area (Å²) in [7, 11) is 0. The van der Waals surface area contributed by atoms with Gasteiger partial charge >= 0.3 is 0 Å². The van der Waals surface area contributed by atoms with Gasteiger partial charge in [-0.1, -0.05) is 11.6 Å². The minimum Gasteiger partial charge on any atom is -0.440 e. The van der Waals surface area contributed by atoms with Crippen molar-refractivity contribution in [2.45, 2.75) is 32.6 Å². The number of rotatable bonds is 4. The number of benzene rings is 2. The van der Waals surface area contributed by atoms with E-state index in [0.29, 0.717) is 28.7 Å². The van der Waals surface area contributed by atoms with Gasteiger partial charge in [0.25, 0.3) is 5.56 Å². The van der Waals surface area contributed by atoms with Crippen LogP contribution in [0.2, 0.25) is 5.02 Å². The molecule has 1 fully saturated rings. The fourth-order valence-corrected chi connectivity index (χ4v) is 5.04. The molecule has 1 N–H and O–H groups in total. The van der Waals surface area contributed by atoms with Gasteiger partial charge in [0.2, 0.25) is 0 Å². The molecule has 0 spiro atoms. The van der Waals surface area contributed by atoms with Gasteiger partial charge in [-0.3, -0.25) is 9.36 Å². The molecule has 0 bridgehead atoms. The van der Waals surface area contributed by atoms with Gasteiger partial charge in [0.15, 0.2) is 11.7 Å². The SMILES string of the molecule is Cc1cc(Cl)cc(C)c1-n1cc(-c2nc(C3CCCNC3)oc2-c2ccc(F)cc2F)ccc1=O. The molecule has 35 heavy (non-hydrogen) atoms. The van der Waals surface area contributed by atoms with Crippen LogP contribution in [-0.4, -0.2) is 22.6 Å². The maximum Gasteiger partial charge on any atom is 0.255 e. The van der Waals surface area contributed by atoms with E-state index in [2.05, 4.69) is 5.32 Å². The molecule has 1 unspecified atom stereocenters. The highest BCUT2D eigenvalue weighted by atomic mass is 35.5. The highest BCUT2D eigenvalue weighted by Crippen LogP contribution is 2.37. The lowest BCUT2D eigenvalue weighted by molar-refractivity contribution is 0.380. The van der Waals surface area contributed by atoms with Crippen molar-refractivity contribution < 1.29 is 13.2 Å². The van der Waals surface area contributed by atoms with Crippen LogP contribution in [0.4, 0.5) is 8.78 Å². The van der Waals surface area contributed by atoms with E-state index < -0.39 is 11.6 Å². The Morgan fingerprint density at radius 3 is 2.57 bits per heavy atom. The van der Waals surface area contributed by atoms with Crippen LogP contribution < -0.4 is 10.9 Å². The molecule has 2 aromatic carbocycles. The molecule has 1 atom stereocenters. The number of pyridine rings is 1. The minimum absolute atomic E-state index is 0.0337. The van der Waals surface area contributed by atoms with E-state index in [9.17, 15) is 13.6 Å². The third-order valence-electron chi connectivity index (χ3n) is 6.35. The van der Waals surface area contributed by atoms with Crippen molar-refractivity contribution in [3.63, 3.8) is 0 Å². The molecule has 0 amide bonds. The Hall–Kier alpha value is -3.29. The van der Waals surface area contributed by atoms with E-state index in [4.69, 9.17) is 21.0 Å². The largest absolute Gasteiger partial charge is 0.440 e. The molecule has 3 heterocycles. The van der Waals surface area contributed by atoms with Gasteiger partial charge in [-0.2, -0.15) is 0 Å². The monoisotopic (exact) mass is 495 g/mol. The molecule has 1 aliphatic rings. The maximum atomic E-state index is 14.8. The van der Waals surface area contributed by atoms with E-state index in [1.54, 1.807) is 24.4 Å². The summed E-state index contributed by atoms with van der Waals surface area (Å²) in [4.78, 5) is 17.6. The lowest BCUT2D eigenvalue weighted by Gasteiger charge is -2.19. The summed E-state index contributed by atoms with van der Waals surface area (Å²) in [5, 5.41) is 3.92. The Morgan fingerprint density at radius 2 is 1.89 bits per heavy atom. The van der Waals surface area contributed by atoms with Crippen LogP contribution in [0.25, 0.3) is 28.3 Å². The van der Waals surface area contributed by atoms with Crippen LogP contribution in [0, 0.1) is 25.5 Å². The van der Waals surface area contributed by atoms with Crippen molar-refractivity contribution in [1.29, 1.82) is 0 Å². The number of aryl methyl sites for hydroxylation is 2. The Labute approximate surface area is 206 Å². The lowest BCUT2D eigenvalue weighted by Crippen LogP contribution is -2.28. The second kappa shape index (κ2) is 9.40. The van der Waals surface area contributed by atoms with Gasteiger partial charge in [-0.05, 0) is 74.7 Å². The molecule has 5 nitrogen and oxygen atoms in total. The predicted molar refractivity (Wildman–Crippen MR) is 132 cm³/mol. The van der Waals surface area contributed by atoms with Crippen LogP contribution in [-0.2, 0) is 0 Å². The van der Waals surface area contributed by atoms with Gasteiger partial charge in [0.05, 0.1) is 11.3 Å². The third kappa shape index (κ3) is 4.54. The first-order valence-electron chi connectivity index (χ1n) is 11.5. The number of nitrogens with one attached hydrogen (secondary N) is 1. The molecule has 5 rings (SSSR count). The highest BCUT2D eigenvalue weighted by Gasteiger charge is 2.26. The Kier molecular flexibility index (Phi) is 6.30. The number of nitrogens with zero attached hydrogens (tertiary/aromatic N) is 2. The van der Waals surface area contributed by atoms with Gasteiger partial charge in [0.1, 0.15) is 17.3 Å². The van der Waals surface area contributed by atoms with Crippen LogP contribution in [0.1, 0.15) is 35.8 Å². The smallest absolute Gasteiger partial charge is 0.255 e. The van der Waals surface area contributed by atoms with Crippen LogP contribution in [0.3, 0.4) is 0 Å². The maximum absolute atomic E-state index is 14.8. The standard InChI is InChI=1S/C27H24ClF2N3O2/c1-15-10-19(28)11-16(2)25(15)33-14-18(5-8-23(33)34)24-26(21-7-6-20(29)12-22(21)30)35-27(32-24)17-4-3-9-31-13-17/h5-8,10-12,14,17,31H,3-4,9,13H2,1-2H3. The van der Waals surface area contributed by atoms with Gasteiger partial charge < -0.3 is 9.73 Å². The molecule has 0 saturated carbocycles. The van der Waals surface area contributed by atoms with Crippen molar-refractivity contribution >= 4 is 11.6 Å². The molecule has 2 aromatic heterocycles. The molecular formula is C27H24ClF2N3O2. The predicted octanol–water partition coefficient (Wildman–Crippen LogP) is 6.17. The summed E-state index contributed by atoms with van der Waals surface area (Å²) in [5.41, 5.74) is 3.26. The van der Waals surface area contributed by atoms with Crippen molar-refractivity contribution in [1.82, 2.24) is 14.9 Å². The molecule has 1 aliphatic heterocycles. The number of aromatic nitrogens is 2. The van der Waals surface area contributed by atoms with Crippen LogP contribution >= 0.6 is 11.6 Å². The fraction of sp³-hybridized carbons (Fsp3) is 0.259. The number of piperidine rings is 1. The summed E-state index contributed by atoms with van der Waals surface area (Å²) < 4.78 is 36.1. The highest BCUT2D eigenvalue weighted by molar-refractivity contribution is 6.30. The van der Waals surface area contributed by atoms with Crippen LogP contribution in [0.5, 0.6) is 0 Å². The topological polar surface area (TPSA) is 60.1 Å². The van der Waals surface area contributed by atoms with Gasteiger partial charge in [-0.15, -0.1) is 0 Å². The van der Waals surface area contributed by atoms with E-state index in [1.807, 2.05) is 13.8 Å². The molecule has 1 saturated heterocycles. The van der Waals surface area contributed by atoms with E-state index in [0.717, 1.165) is 42.3 Å². The summed E-state index contributed by atoms with van der Waals surface area (Å²) in [5.74, 6) is -0.688. The van der Waals surface area contributed by atoms with Gasteiger partial charge in [0, 0.05) is 41.4 Å². The lowest BCUT2D eigenvalue weighted by atomic mass is 10.00. The average molecular weight is 496 g/mol. The number of oxazole rings is 1. The van der Waals surface area contributed by atoms with E-state index >= 15 is 0 Å². The normalized spacial score (nSPS) is 16.0. The Bertz CT molecular complexity index is 1450. The van der Waals surface area contributed by atoms with E-state index in [1.165, 1.54) is 22.8 Å². The summed E-state index contributed by atoms with van der Waals surface area (Å²) in [6.45, 7) is 5.40. The van der Waals surface area contributed by atoms with Crippen molar-refractivity contribution in [3.8, 4) is 28.3 Å². The molecule has 8 heteroatoms. The van der Waals surface area contributed by atoms with Crippen LogP contribution in [0.15, 0.2) is 57.9 Å². The number of halogens is 3. The molecule has 4 aromatic rings.